The van der Waals surface area contributed by atoms with E-state index in [9.17, 15) is 0 Å². The van der Waals surface area contributed by atoms with Gasteiger partial charge in [-0.15, -0.1) is 11.3 Å². The molecule has 0 saturated carbocycles. The minimum Gasteiger partial charge on any atom is -0.490 e. The monoisotopic (exact) mass is 389 g/mol. The number of para-hydroxylation sites is 1. The number of nitrogens with one attached hydrogen (secondary N) is 1. The van der Waals surface area contributed by atoms with Crippen LogP contribution in [0.15, 0.2) is 44.7 Å². The average molecular weight is 391 g/mol. The van der Waals surface area contributed by atoms with Crippen LogP contribution in [0.25, 0.3) is 0 Å². The molecule has 0 aliphatic carbocycles. The summed E-state index contributed by atoms with van der Waals surface area (Å²) < 4.78 is 7.67. The van der Waals surface area contributed by atoms with Gasteiger partial charge in [-0.1, -0.05) is 12.1 Å². The van der Waals surface area contributed by atoms with Crippen LogP contribution in [0.5, 0.6) is 5.75 Å². The molecule has 0 unspecified atom stereocenters. The molecule has 0 fully saturated rings. The molecule has 0 saturated heterocycles. The van der Waals surface area contributed by atoms with Crippen molar-refractivity contribution in [3.63, 3.8) is 0 Å². The molecule has 1 heterocycles. The lowest BCUT2D eigenvalue weighted by Crippen LogP contribution is -2.20. The van der Waals surface area contributed by atoms with Gasteiger partial charge in [0.05, 0.1) is 8.95 Å². The third-order valence-corrected chi connectivity index (χ3v) is 4.45. The first-order valence-corrected chi connectivity index (χ1v) is 8.04. The summed E-state index contributed by atoms with van der Waals surface area (Å²) in [4.78, 5) is 1.34. The molecule has 1 aromatic heterocycles. The number of halogens is 2. The number of thiophene rings is 1. The fourth-order valence-corrected chi connectivity index (χ4v) is 3.37. The zero-order valence-electron chi connectivity index (χ0n) is 9.66. The first-order chi connectivity index (χ1) is 8.77. The summed E-state index contributed by atoms with van der Waals surface area (Å²) in [6.07, 6.45) is 0. The standard InChI is InChI=1S/C13H13Br2NOS/c14-11-4-1-5-12(15)13(11)17-7-6-16-9-10-3-2-8-18-10/h1-5,8,16H,6-7,9H2. The second kappa shape index (κ2) is 7.28. The van der Waals surface area contributed by atoms with Gasteiger partial charge >= 0.3 is 0 Å². The van der Waals surface area contributed by atoms with Crippen LogP contribution in [0.2, 0.25) is 0 Å². The Hall–Kier alpha value is -0.360. The smallest absolute Gasteiger partial charge is 0.147 e. The van der Waals surface area contributed by atoms with Crippen LogP contribution in [0, 0.1) is 0 Å². The van der Waals surface area contributed by atoms with E-state index in [0.29, 0.717) is 6.61 Å². The van der Waals surface area contributed by atoms with Crippen molar-refractivity contribution in [1.29, 1.82) is 0 Å². The van der Waals surface area contributed by atoms with E-state index in [0.717, 1.165) is 27.8 Å². The first-order valence-electron chi connectivity index (χ1n) is 5.57. The summed E-state index contributed by atoms with van der Waals surface area (Å²) in [6.45, 7) is 2.37. The molecule has 2 nitrogen and oxygen atoms in total. The molecule has 0 atom stereocenters. The zero-order valence-corrected chi connectivity index (χ0v) is 13.6. The fraction of sp³-hybridized carbons (Fsp3) is 0.231. The largest absolute Gasteiger partial charge is 0.490 e. The molecule has 1 aromatic carbocycles. The number of rotatable bonds is 6. The van der Waals surface area contributed by atoms with Gasteiger partial charge in [0.1, 0.15) is 12.4 Å². The van der Waals surface area contributed by atoms with Crippen molar-refractivity contribution in [3.05, 3.63) is 49.5 Å². The normalized spacial score (nSPS) is 10.6. The van der Waals surface area contributed by atoms with Crippen molar-refractivity contribution in [3.8, 4) is 5.75 Å². The van der Waals surface area contributed by atoms with Gasteiger partial charge in [0, 0.05) is 18.0 Å². The van der Waals surface area contributed by atoms with Gasteiger partial charge in [0.25, 0.3) is 0 Å². The Morgan fingerprint density at radius 2 is 1.89 bits per heavy atom. The van der Waals surface area contributed by atoms with Crippen molar-refractivity contribution < 1.29 is 4.74 Å². The number of hydrogen-bond donors (Lipinski definition) is 1. The molecule has 0 amide bonds. The van der Waals surface area contributed by atoms with E-state index < -0.39 is 0 Å². The molecule has 0 spiro atoms. The Labute approximate surface area is 128 Å². The van der Waals surface area contributed by atoms with Crippen LogP contribution < -0.4 is 10.1 Å². The molecule has 2 aromatic rings. The van der Waals surface area contributed by atoms with Crippen molar-refractivity contribution >= 4 is 43.2 Å². The van der Waals surface area contributed by atoms with Crippen molar-refractivity contribution in [2.75, 3.05) is 13.2 Å². The van der Waals surface area contributed by atoms with Crippen molar-refractivity contribution in [2.45, 2.75) is 6.54 Å². The Morgan fingerprint density at radius 1 is 1.11 bits per heavy atom. The highest BCUT2D eigenvalue weighted by Crippen LogP contribution is 2.32. The first kappa shape index (κ1) is 14.1. The molecule has 5 heteroatoms. The third kappa shape index (κ3) is 4.09. The highest BCUT2D eigenvalue weighted by molar-refractivity contribution is 9.11. The average Bonchev–Trinajstić information content (AvgIpc) is 2.85. The fourth-order valence-electron chi connectivity index (χ4n) is 1.47. The quantitative estimate of drug-likeness (QED) is 0.736. The SMILES string of the molecule is Brc1cccc(Br)c1OCCNCc1cccs1. The highest BCUT2D eigenvalue weighted by Gasteiger charge is 2.04. The van der Waals surface area contributed by atoms with Gasteiger partial charge in [-0.2, -0.15) is 0 Å². The molecule has 0 bridgehead atoms. The highest BCUT2D eigenvalue weighted by atomic mass is 79.9. The maximum Gasteiger partial charge on any atom is 0.147 e. The minimum atomic E-state index is 0.645. The Balaban J connectivity index is 1.72. The van der Waals surface area contributed by atoms with E-state index in [4.69, 9.17) is 4.74 Å². The van der Waals surface area contributed by atoms with Crippen LogP contribution in [-0.2, 0) is 6.54 Å². The van der Waals surface area contributed by atoms with E-state index >= 15 is 0 Å². The Morgan fingerprint density at radius 3 is 2.56 bits per heavy atom. The van der Waals surface area contributed by atoms with Crippen LogP contribution in [-0.4, -0.2) is 13.2 Å². The van der Waals surface area contributed by atoms with Gasteiger partial charge in [0.15, 0.2) is 0 Å². The van der Waals surface area contributed by atoms with E-state index in [-0.39, 0.29) is 0 Å². The maximum atomic E-state index is 5.73. The van der Waals surface area contributed by atoms with Gasteiger partial charge in [-0.05, 0) is 55.4 Å². The lowest BCUT2D eigenvalue weighted by molar-refractivity contribution is 0.310. The van der Waals surface area contributed by atoms with Crippen LogP contribution in [0.1, 0.15) is 4.88 Å². The van der Waals surface area contributed by atoms with Crippen LogP contribution in [0.3, 0.4) is 0 Å². The molecule has 0 radical (unpaired) electrons. The molecule has 18 heavy (non-hydrogen) atoms. The Bertz CT molecular complexity index is 467. The number of hydrogen-bond acceptors (Lipinski definition) is 3. The summed E-state index contributed by atoms with van der Waals surface area (Å²) in [5.74, 6) is 0.857. The summed E-state index contributed by atoms with van der Waals surface area (Å²) in [5, 5.41) is 5.44. The minimum absolute atomic E-state index is 0.645. The van der Waals surface area contributed by atoms with Gasteiger partial charge in [-0.25, -0.2) is 0 Å². The topological polar surface area (TPSA) is 21.3 Å². The molecule has 0 aliphatic heterocycles. The zero-order chi connectivity index (χ0) is 12.8. The van der Waals surface area contributed by atoms with E-state index in [2.05, 4.69) is 54.7 Å². The summed E-state index contributed by atoms with van der Waals surface area (Å²) >= 11 is 8.71. The Kier molecular flexibility index (Phi) is 5.69. The summed E-state index contributed by atoms with van der Waals surface area (Å²) in [5.41, 5.74) is 0. The second-order valence-electron chi connectivity index (χ2n) is 3.66. The van der Waals surface area contributed by atoms with Gasteiger partial charge in [0.2, 0.25) is 0 Å². The lowest BCUT2D eigenvalue weighted by Gasteiger charge is -2.10. The lowest BCUT2D eigenvalue weighted by atomic mass is 10.3. The molecular weight excluding hydrogens is 378 g/mol. The predicted octanol–water partition coefficient (Wildman–Crippen LogP) is 4.44. The van der Waals surface area contributed by atoms with E-state index in [1.807, 2.05) is 18.2 Å². The molecular formula is C13H13Br2NOS. The maximum absolute atomic E-state index is 5.73. The molecule has 0 aliphatic rings. The molecule has 1 N–H and O–H groups in total. The van der Waals surface area contributed by atoms with Crippen LogP contribution >= 0.6 is 43.2 Å². The summed E-state index contributed by atoms with van der Waals surface area (Å²) in [6, 6.07) is 10.1. The predicted molar refractivity (Wildman–Crippen MR) is 83.4 cm³/mol. The number of benzene rings is 1. The van der Waals surface area contributed by atoms with Crippen LogP contribution in [0.4, 0.5) is 0 Å². The van der Waals surface area contributed by atoms with Gasteiger partial charge in [-0.3, -0.25) is 0 Å². The molecule has 96 valence electrons. The molecule has 2 rings (SSSR count). The van der Waals surface area contributed by atoms with Crippen molar-refractivity contribution in [1.82, 2.24) is 5.32 Å². The van der Waals surface area contributed by atoms with E-state index in [1.165, 1.54) is 4.88 Å². The van der Waals surface area contributed by atoms with Crippen molar-refractivity contribution in [2.24, 2.45) is 0 Å². The van der Waals surface area contributed by atoms with Gasteiger partial charge < -0.3 is 10.1 Å². The van der Waals surface area contributed by atoms with E-state index in [1.54, 1.807) is 11.3 Å². The third-order valence-electron chi connectivity index (χ3n) is 2.32. The number of ether oxygens (including phenoxy) is 1. The second-order valence-corrected chi connectivity index (χ2v) is 6.40. The summed E-state index contributed by atoms with van der Waals surface area (Å²) in [7, 11) is 0.